The van der Waals surface area contributed by atoms with Gasteiger partial charge in [-0.1, -0.05) is 20.3 Å². The molecule has 3 N–H and O–H groups in total. The van der Waals surface area contributed by atoms with E-state index in [1.165, 1.54) is 19.3 Å². The molecule has 0 bridgehead atoms. The van der Waals surface area contributed by atoms with E-state index in [0.717, 1.165) is 18.9 Å². The normalized spacial score (nSPS) is 27.4. The van der Waals surface area contributed by atoms with Crippen molar-refractivity contribution in [2.24, 2.45) is 16.6 Å². The summed E-state index contributed by atoms with van der Waals surface area (Å²) in [5.74, 6) is 1.48. The van der Waals surface area contributed by atoms with Crippen molar-refractivity contribution in [3.63, 3.8) is 0 Å². The smallest absolute Gasteiger partial charge is 0.188 e. The quantitative estimate of drug-likeness (QED) is 0.501. The van der Waals surface area contributed by atoms with Crippen LogP contribution in [0.4, 0.5) is 0 Å². The first kappa shape index (κ1) is 10.4. The molecule has 1 aliphatic carbocycles. The fraction of sp³-hybridized carbons (Fsp3) is 0.900. The highest BCUT2D eigenvalue weighted by Gasteiger charge is 2.36. The molecular weight excluding hydrogens is 162 g/mol. The van der Waals surface area contributed by atoms with Crippen LogP contribution in [0, 0.1) is 5.92 Å². The Kier molecular flexibility index (Phi) is 4.06. The number of hydrogen-bond acceptors (Lipinski definition) is 1. The fourth-order valence-corrected chi connectivity index (χ4v) is 1.58. The molecule has 1 aliphatic rings. The van der Waals surface area contributed by atoms with Gasteiger partial charge in [-0.2, -0.15) is 0 Å². The van der Waals surface area contributed by atoms with Crippen molar-refractivity contribution in [1.82, 2.24) is 5.32 Å². The molecule has 0 aromatic carbocycles. The highest BCUT2D eigenvalue weighted by molar-refractivity contribution is 5.78. The third-order valence-corrected chi connectivity index (χ3v) is 2.42. The lowest BCUT2D eigenvalue weighted by Gasteiger charge is -2.03. The Morgan fingerprint density at radius 2 is 2.23 bits per heavy atom. The van der Waals surface area contributed by atoms with Crippen LogP contribution in [0.15, 0.2) is 4.99 Å². The Morgan fingerprint density at radius 3 is 2.85 bits per heavy atom. The SMILES string of the molecule is CCCN=C(N)NC1CC1CCC. The van der Waals surface area contributed by atoms with Crippen LogP contribution in [0.5, 0.6) is 0 Å². The first-order valence-electron chi connectivity index (χ1n) is 5.34. The number of hydrogen-bond donors (Lipinski definition) is 2. The van der Waals surface area contributed by atoms with Crippen molar-refractivity contribution in [2.45, 2.75) is 45.6 Å². The summed E-state index contributed by atoms with van der Waals surface area (Å²) in [4.78, 5) is 4.20. The Balaban J connectivity index is 2.12. The van der Waals surface area contributed by atoms with Crippen LogP contribution in [0.2, 0.25) is 0 Å². The minimum atomic E-state index is 0.612. The number of aliphatic imine (C=N–C) groups is 1. The van der Waals surface area contributed by atoms with Gasteiger partial charge in [0.15, 0.2) is 5.96 Å². The predicted molar refractivity (Wildman–Crippen MR) is 56.7 cm³/mol. The number of nitrogens with zero attached hydrogens (tertiary/aromatic N) is 1. The summed E-state index contributed by atoms with van der Waals surface area (Å²) in [6.45, 7) is 5.17. The molecule has 3 heteroatoms. The molecule has 2 atom stereocenters. The summed E-state index contributed by atoms with van der Waals surface area (Å²) in [6.07, 6.45) is 4.93. The van der Waals surface area contributed by atoms with Crippen molar-refractivity contribution in [3.05, 3.63) is 0 Å². The van der Waals surface area contributed by atoms with E-state index < -0.39 is 0 Å². The second kappa shape index (κ2) is 5.10. The van der Waals surface area contributed by atoms with Gasteiger partial charge in [0.1, 0.15) is 0 Å². The number of nitrogens with two attached hydrogens (primary N) is 1. The van der Waals surface area contributed by atoms with Crippen molar-refractivity contribution >= 4 is 5.96 Å². The summed E-state index contributed by atoms with van der Waals surface area (Å²) in [7, 11) is 0. The molecule has 0 aromatic heterocycles. The minimum Gasteiger partial charge on any atom is -0.370 e. The summed E-state index contributed by atoms with van der Waals surface area (Å²) in [5.41, 5.74) is 5.70. The second-order valence-electron chi connectivity index (χ2n) is 3.80. The Hall–Kier alpha value is -0.730. The van der Waals surface area contributed by atoms with Gasteiger partial charge >= 0.3 is 0 Å². The molecule has 0 spiro atoms. The first-order chi connectivity index (χ1) is 6.27. The van der Waals surface area contributed by atoms with E-state index in [9.17, 15) is 0 Å². The van der Waals surface area contributed by atoms with E-state index >= 15 is 0 Å². The van der Waals surface area contributed by atoms with Crippen LogP contribution < -0.4 is 11.1 Å². The van der Waals surface area contributed by atoms with Crippen LogP contribution in [0.1, 0.15) is 39.5 Å². The molecule has 0 aliphatic heterocycles. The standard InChI is InChI=1S/C10H21N3/c1-3-5-8-7-9(8)13-10(11)12-6-4-2/h8-9H,3-7H2,1-2H3,(H3,11,12,13). The molecule has 0 aromatic rings. The molecule has 1 rings (SSSR count). The van der Waals surface area contributed by atoms with Gasteiger partial charge in [-0.3, -0.25) is 4.99 Å². The zero-order valence-corrected chi connectivity index (χ0v) is 8.71. The van der Waals surface area contributed by atoms with Gasteiger partial charge in [-0.25, -0.2) is 0 Å². The molecule has 13 heavy (non-hydrogen) atoms. The Morgan fingerprint density at radius 1 is 1.46 bits per heavy atom. The van der Waals surface area contributed by atoms with E-state index in [0.29, 0.717) is 12.0 Å². The topological polar surface area (TPSA) is 50.4 Å². The summed E-state index contributed by atoms with van der Waals surface area (Å²) < 4.78 is 0. The third-order valence-electron chi connectivity index (χ3n) is 2.42. The summed E-state index contributed by atoms with van der Waals surface area (Å²) in [5, 5.41) is 3.25. The zero-order chi connectivity index (χ0) is 9.68. The van der Waals surface area contributed by atoms with Crippen molar-refractivity contribution < 1.29 is 0 Å². The molecular formula is C10H21N3. The van der Waals surface area contributed by atoms with E-state index in [-0.39, 0.29) is 0 Å². The van der Waals surface area contributed by atoms with Gasteiger partial charge in [-0.05, 0) is 25.2 Å². The summed E-state index contributed by atoms with van der Waals surface area (Å²) >= 11 is 0. The van der Waals surface area contributed by atoms with E-state index in [1.54, 1.807) is 0 Å². The minimum absolute atomic E-state index is 0.612. The zero-order valence-electron chi connectivity index (χ0n) is 8.71. The van der Waals surface area contributed by atoms with E-state index in [1.807, 2.05) is 0 Å². The lowest BCUT2D eigenvalue weighted by molar-refractivity contribution is 0.661. The van der Waals surface area contributed by atoms with Crippen LogP contribution in [-0.4, -0.2) is 18.5 Å². The Labute approximate surface area is 80.8 Å². The van der Waals surface area contributed by atoms with Gasteiger partial charge in [0.2, 0.25) is 0 Å². The molecule has 0 saturated heterocycles. The maximum atomic E-state index is 5.70. The lowest BCUT2D eigenvalue weighted by atomic mass is 10.2. The third kappa shape index (κ3) is 3.66. The maximum absolute atomic E-state index is 5.70. The number of nitrogens with one attached hydrogen (secondary N) is 1. The first-order valence-corrected chi connectivity index (χ1v) is 5.34. The monoisotopic (exact) mass is 183 g/mol. The molecule has 3 nitrogen and oxygen atoms in total. The maximum Gasteiger partial charge on any atom is 0.188 e. The van der Waals surface area contributed by atoms with Gasteiger partial charge in [-0.15, -0.1) is 0 Å². The van der Waals surface area contributed by atoms with Gasteiger partial charge in [0.25, 0.3) is 0 Å². The molecule has 76 valence electrons. The average molecular weight is 183 g/mol. The largest absolute Gasteiger partial charge is 0.370 e. The lowest BCUT2D eigenvalue weighted by Crippen LogP contribution is -2.34. The summed E-state index contributed by atoms with van der Waals surface area (Å²) in [6, 6.07) is 0.612. The molecule has 0 heterocycles. The highest BCUT2D eigenvalue weighted by atomic mass is 15.1. The average Bonchev–Trinajstić information content (AvgIpc) is 2.81. The molecule has 2 unspecified atom stereocenters. The highest BCUT2D eigenvalue weighted by Crippen LogP contribution is 2.34. The van der Waals surface area contributed by atoms with Gasteiger partial charge < -0.3 is 11.1 Å². The predicted octanol–water partition coefficient (Wildman–Crippen LogP) is 1.49. The van der Waals surface area contributed by atoms with Gasteiger partial charge in [0, 0.05) is 12.6 Å². The van der Waals surface area contributed by atoms with Crippen LogP contribution in [0.3, 0.4) is 0 Å². The number of rotatable bonds is 5. The molecule has 1 saturated carbocycles. The van der Waals surface area contributed by atoms with Crippen molar-refractivity contribution in [2.75, 3.05) is 6.54 Å². The molecule has 0 amide bonds. The van der Waals surface area contributed by atoms with Gasteiger partial charge in [0.05, 0.1) is 0 Å². The van der Waals surface area contributed by atoms with Crippen molar-refractivity contribution in [1.29, 1.82) is 0 Å². The molecule has 1 fully saturated rings. The van der Waals surface area contributed by atoms with E-state index in [2.05, 4.69) is 24.2 Å². The second-order valence-corrected chi connectivity index (χ2v) is 3.80. The van der Waals surface area contributed by atoms with Crippen LogP contribution in [-0.2, 0) is 0 Å². The van der Waals surface area contributed by atoms with Crippen LogP contribution >= 0.6 is 0 Å². The number of guanidine groups is 1. The van der Waals surface area contributed by atoms with E-state index in [4.69, 9.17) is 5.73 Å². The van der Waals surface area contributed by atoms with Crippen molar-refractivity contribution in [3.8, 4) is 0 Å². The Bertz CT molecular complexity index is 177. The fourth-order valence-electron chi connectivity index (χ4n) is 1.58. The molecule has 0 radical (unpaired) electrons. The van der Waals surface area contributed by atoms with Crippen LogP contribution in [0.25, 0.3) is 0 Å².